The van der Waals surface area contributed by atoms with Crippen LogP contribution in [-0.2, 0) is 22.6 Å². The fraction of sp³-hybridized carbons (Fsp3) is 0.652. The summed E-state index contributed by atoms with van der Waals surface area (Å²) in [6.07, 6.45) is -0.431. The summed E-state index contributed by atoms with van der Waals surface area (Å²) in [4.78, 5) is 18.8. The normalized spacial score (nSPS) is 15.5. The Morgan fingerprint density at radius 1 is 1.12 bits per heavy atom. The SMILES string of the molecule is CN=C(NCc1cccc(CN2CCOCC2)c1)NCC(C)(C)NC(=O)OC(C)(C)C.I. The lowest BCUT2D eigenvalue weighted by Gasteiger charge is -2.29. The van der Waals surface area contributed by atoms with Crippen molar-refractivity contribution in [2.45, 2.75) is 58.8 Å². The molecule has 0 aliphatic carbocycles. The van der Waals surface area contributed by atoms with Gasteiger partial charge in [-0.1, -0.05) is 24.3 Å². The Kier molecular flexibility index (Phi) is 11.7. The lowest BCUT2D eigenvalue weighted by Crippen LogP contribution is -2.54. The van der Waals surface area contributed by atoms with Crippen LogP contribution in [-0.4, -0.2) is 68.0 Å². The van der Waals surface area contributed by atoms with E-state index in [1.54, 1.807) is 7.05 Å². The number of alkyl carbamates (subject to hydrolysis) is 1. The van der Waals surface area contributed by atoms with E-state index >= 15 is 0 Å². The minimum Gasteiger partial charge on any atom is -0.444 e. The lowest BCUT2D eigenvalue weighted by atomic mass is 10.1. The summed E-state index contributed by atoms with van der Waals surface area (Å²) in [7, 11) is 1.73. The molecular formula is C23H40IN5O3. The summed E-state index contributed by atoms with van der Waals surface area (Å²) in [5.74, 6) is 0.678. The van der Waals surface area contributed by atoms with Crippen LogP contribution in [0.3, 0.4) is 0 Å². The molecule has 0 radical (unpaired) electrons. The van der Waals surface area contributed by atoms with Gasteiger partial charge in [0.1, 0.15) is 5.60 Å². The number of rotatable bonds is 7. The van der Waals surface area contributed by atoms with Crippen LogP contribution in [0.15, 0.2) is 29.3 Å². The summed E-state index contributed by atoms with van der Waals surface area (Å²) in [5, 5.41) is 9.51. The van der Waals surface area contributed by atoms with E-state index in [0.717, 1.165) is 32.8 Å². The number of ether oxygens (including phenoxy) is 2. The number of aliphatic imine (C=N–C) groups is 1. The number of hydrogen-bond acceptors (Lipinski definition) is 5. The molecule has 1 aliphatic rings. The van der Waals surface area contributed by atoms with Crippen LogP contribution in [0.2, 0.25) is 0 Å². The summed E-state index contributed by atoms with van der Waals surface area (Å²) in [6, 6.07) is 8.59. The smallest absolute Gasteiger partial charge is 0.408 e. The number of nitrogens with zero attached hydrogens (tertiary/aromatic N) is 2. The van der Waals surface area contributed by atoms with Crippen molar-refractivity contribution in [2.24, 2.45) is 4.99 Å². The maximum atomic E-state index is 12.1. The van der Waals surface area contributed by atoms with Crippen LogP contribution < -0.4 is 16.0 Å². The van der Waals surface area contributed by atoms with Crippen molar-refractivity contribution in [1.29, 1.82) is 0 Å². The first kappa shape index (κ1) is 28.4. The Morgan fingerprint density at radius 2 is 1.78 bits per heavy atom. The van der Waals surface area contributed by atoms with E-state index in [1.165, 1.54) is 11.1 Å². The van der Waals surface area contributed by atoms with Crippen molar-refractivity contribution >= 4 is 36.0 Å². The number of nitrogens with one attached hydrogen (secondary N) is 3. The van der Waals surface area contributed by atoms with Crippen LogP contribution >= 0.6 is 24.0 Å². The van der Waals surface area contributed by atoms with Gasteiger partial charge in [0.15, 0.2) is 5.96 Å². The first-order valence-corrected chi connectivity index (χ1v) is 10.9. The zero-order chi connectivity index (χ0) is 22.9. The van der Waals surface area contributed by atoms with Gasteiger partial charge in [-0.3, -0.25) is 9.89 Å². The van der Waals surface area contributed by atoms with Crippen LogP contribution in [0.25, 0.3) is 0 Å². The molecule has 8 nitrogen and oxygen atoms in total. The molecule has 1 saturated heterocycles. The molecule has 0 atom stereocenters. The van der Waals surface area contributed by atoms with Crippen molar-refractivity contribution in [3.05, 3.63) is 35.4 Å². The highest BCUT2D eigenvalue weighted by atomic mass is 127. The molecule has 1 heterocycles. The van der Waals surface area contributed by atoms with Gasteiger partial charge in [0.25, 0.3) is 0 Å². The maximum Gasteiger partial charge on any atom is 0.408 e. The Hall–Kier alpha value is -1.59. The average molecular weight is 562 g/mol. The highest BCUT2D eigenvalue weighted by molar-refractivity contribution is 14.0. The summed E-state index contributed by atoms with van der Waals surface area (Å²) < 4.78 is 10.8. The fourth-order valence-electron chi connectivity index (χ4n) is 3.19. The van der Waals surface area contributed by atoms with Gasteiger partial charge in [0.2, 0.25) is 0 Å². The third kappa shape index (κ3) is 11.3. The molecule has 1 fully saturated rings. The van der Waals surface area contributed by atoms with Crippen LogP contribution in [0, 0.1) is 0 Å². The monoisotopic (exact) mass is 561 g/mol. The number of carbonyl (C=O) groups is 1. The second kappa shape index (κ2) is 13.2. The number of carbonyl (C=O) groups excluding carboxylic acids is 1. The molecule has 0 spiro atoms. The minimum atomic E-state index is -0.526. The van der Waals surface area contributed by atoms with Crippen molar-refractivity contribution in [3.63, 3.8) is 0 Å². The molecule has 1 aromatic carbocycles. The predicted octanol–water partition coefficient (Wildman–Crippen LogP) is 3.11. The van der Waals surface area contributed by atoms with Crippen molar-refractivity contribution in [2.75, 3.05) is 39.9 Å². The zero-order valence-electron chi connectivity index (χ0n) is 20.3. The maximum absolute atomic E-state index is 12.1. The molecule has 1 aromatic rings. The Morgan fingerprint density at radius 3 is 2.41 bits per heavy atom. The number of morpholine rings is 1. The van der Waals surface area contributed by atoms with Crippen LogP contribution in [0.1, 0.15) is 45.7 Å². The zero-order valence-corrected chi connectivity index (χ0v) is 22.6. The first-order valence-electron chi connectivity index (χ1n) is 10.9. The summed E-state index contributed by atoms with van der Waals surface area (Å²) in [5.41, 5.74) is 1.46. The molecule has 2 rings (SSSR count). The molecule has 9 heteroatoms. The molecule has 1 amide bonds. The number of halogens is 1. The lowest BCUT2D eigenvalue weighted by molar-refractivity contribution is 0.0342. The molecule has 0 saturated carbocycles. The van der Waals surface area contributed by atoms with Gasteiger partial charge in [-0.05, 0) is 45.7 Å². The van der Waals surface area contributed by atoms with Crippen molar-refractivity contribution < 1.29 is 14.3 Å². The highest BCUT2D eigenvalue weighted by Gasteiger charge is 2.24. The average Bonchev–Trinajstić information content (AvgIpc) is 2.67. The Labute approximate surface area is 209 Å². The largest absolute Gasteiger partial charge is 0.444 e. The number of amides is 1. The molecule has 0 unspecified atom stereocenters. The third-order valence-electron chi connectivity index (χ3n) is 4.72. The number of benzene rings is 1. The van der Waals surface area contributed by atoms with Gasteiger partial charge >= 0.3 is 6.09 Å². The van der Waals surface area contributed by atoms with E-state index in [-0.39, 0.29) is 24.0 Å². The first-order chi connectivity index (χ1) is 14.6. The minimum absolute atomic E-state index is 0. The van der Waals surface area contributed by atoms with Gasteiger partial charge in [-0.2, -0.15) is 0 Å². The van der Waals surface area contributed by atoms with Gasteiger partial charge < -0.3 is 25.4 Å². The van der Waals surface area contributed by atoms with Crippen LogP contribution in [0.4, 0.5) is 4.79 Å². The topological polar surface area (TPSA) is 87.2 Å². The Balaban J connectivity index is 0.00000512. The highest BCUT2D eigenvalue weighted by Crippen LogP contribution is 2.11. The summed E-state index contributed by atoms with van der Waals surface area (Å²) >= 11 is 0. The van der Waals surface area contributed by atoms with Gasteiger partial charge in [-0.25, -0.2) is 4.79 Å². The standard InChI is InChI=1S/C23H39N5O3.HI/c1-22(2,3)31-21(29)27-23(4,5)17-26-20(24-6)25-15-18-8-7-9-19(14-18)16-28-10-12-30-13-11-28;/h7-9,14H,10-13,15-17H2,1-6H3,(H,27,29)(H2,24,25,26);1H. The molecular weight excluding hydrogens is 521 g/mol. The summed E-state index contributed by atoms with van der Waals surface area (Å²) in [6.45, 7) is 15.1. The third-order valence-corrected chi connectivity index (χ3v) is 4.72. The van der Waals surface area contributed by atoms with Crippen LogP contribution in [0.5, 0.6) is 0 Å². The van der Waals surface area contributed by atoms with Crippen molar-refractivity contribution in [1.82, 2.24) is 20.9 Å². The molecule has 1 aliphatic heterocycles. The molecule has 32 heavy (non-hydrogen) atoms. The van der Waals surface area contributed by atoms with E-state index in [0.29, 0.717) is 19.0 Å². The van der Waals surface area contributed by atoms with Gasteiger partial charge in [0.05, 0.1) is 18.8 Å². The van der Waals surface area contributed by atoms with Crippen molar-refractivity contribution in [3.8, 4) is 0 Å². The van der Waals surface area contributed by atoms with Gasteiger partial charge in [0, 0.05) is 39.8 Å². The van der Waals surface area contributed by atoms with E-state index in [2.05, 4.69) is 50.1 Å². The quantitative estimate of drug-likeness (QED) is 0.270. The molecule has 0 bridgehead atoms. The van der Waals surface area contributed by atoms with Gasteiger partial charge in [-0.15, -0.1) is 24.0 Å². The second-order valence-corrected chi connectivity index (χ2v) is 9.50. The van der Waals surface area contributed by atoms with E-state index < -0.39 is 17.2 Å². The fourth-order valence-corrected chi connectivity index (χ4v) is 3.19. The predicted molar refractivity (Wildman–Crippen MR) is 140 cm³/mol. The van der Waals surface area contributed by atoms with E-state index in [9.17, 15) is 4.79 Å². The second-order valence-electron chi connectivity index (χ2n) is 9.50. The molecule has 182 valence electrons. The Bertz CT molecular complexity index is 743. The molecule has 3 N–H and O–H groups in total. The number of guanidine groups is 1. The van der Waals surface area contributed by atoms with E-state index in [1.807, 2.05) is 34.6 Å². The number of hydrogen-bond donors (Lipinski definition) is 3. The van der Waals surface area contributed by atoms with E-state index in [4.69, 9.17) is 9.47 Å². The molecule has 0 aromatic heterocycles.